The standard InChI is InChI=1S/C24H26ClN5O7S/c1-15(2)26-23(31)22-16(3)24(29(27-22)18-6-4-5-17(25)13-18)37-20-8-7-19(30(32)33)14-21(20)38(34,35)28-9-11-36-12-10-28/h4-8,13-15H,9-12H2,1-3H3,(H,26,31). The highest BCUT2D eigenvalue weighted by molar-refractivity contribution is 7.89. The zero-order valence-corrected chi connectivity index (χ0v) is 22.5. The van der Waals surface area contributed by atoms with Gasteiger partial charge in [0, 0.05) is 41.9 Å². The summed E-state index contributed by atoms with van der Waals surface area (Å²) in [6, 6.07) is 9.81. The Hall–Kier alpha value is -3.52. The fourth-order valence-electron chi connectivity index (χ4n) is 3.86. The first-order valence-corrected chi connectivity index (χ1v) is 13.5. The molecule has 1 aliphatic rings. The largest absolute Gasteiger partial charge is 0.437 e. The highest BCUT2D eigenvalue weighted by Crippen LogP contribution is 2.37. The van der Waals surface area contributed by atoms with Crippen LogP contribution in [0.5, 0.6) is 11.6 Å². The van der Waals surface area contributed by atoms with Gasteiger partial charge in [-0.2, -0.15) is 14.1 Å². The van der Waals surface area contributed by atoms with Crippen molar-refractivity contribution in [1.29, 1.82) is 0 Å². The normalized spacial score (nSPS) is 14.4. The molecule has 1 amide bonds. The van der Waals surface area contributed by atoms with Gasteiger partial charge in [-0.3, -0.25) is 14.9 Å². The van der Waals surface area contributed by atoms with Gasteiger partial charge in [0.2, 0.25) is 15.9 Å². The van der Waals surface area contributed by atoms with Gasteiger partial charge in [0.15, 0.2) is 5.69 Å². The Balaban J connectivity index is 1.87. The van der Waals surface area contributed by atoms with Gasteiger partial charge in [0.1, 0.15) is 10.6 Å². The van der Waals surface area contributed by atoms with Gasteiger partial charge in [0.05, 0.1) is 23.8 Å². The molecule has 1 aliphatic heterocycles. The van der Waals surface area contributed by atoms with E-state index in [0.717, 1.165) is 12.1 Å². The summed E-state index contributed by atoms with van der Waals surface area (Å²) in [7, 11) is -4.20. The van der Waals surface area contributed by atoms with Gasteiger partial charge < -0.3 is 14.8 Å². The van der Waals surface area contributed by atoms with Gasteiger partial charge in [-0.05, 0) is 45.0 Å². The molecule has 1 N–H and O–H groups in total. The van der Waals surface area contributed by atoms with E-state index in [1.807, 2.05) is 0 Å². The number of carbonyl (C=O) groups is 1. The summed E-state index contributed by atoms with van der Waals surface area (Å²) < 4.78 is 41.0. The number of nitrogens with one attached hydrogen (secondary N) is 1. The number of morpholine rings is 1. The molecule has 1 fully saturated rings. The molecule has 0 radical (unpaired) electrons. The first-order valence-electron chi connectivity index (χ1n) is 11.7. The fraction of sp³-hybridized carbons (Fsp3) is 0.333. The van der Waals surface area contributed by atoms with Crippen LogP contribution < -0.4 is 10.1 Å². The van der Waals surface area contributed by atoms with Crippen molar-refractivity contribution in [1.82, 2.24) is 19.4 Å². The predicted octanol–water partition coefficient (Wildman–Crippen LogP) is 3.69. The number of non-ortho nitro benzene ring substituents is 1. The van der Waals surface area contributed by atoms with E-state index in [9.17, 15) is 23.3 Å². The molecule has 1 aromatic heterocycles. The molecule has 0 aliphatic carbocycles. The van der Waals surface area contributed by atoms with Crippen molar-refractivity contribution < 1.29 is 27.6 Å². The lowest BCUT2D eigenvalue weighted by atomic mass is 10.2. The molecule has 2 aromatic carbocycles. The van der Waals surface area contributed by atoms with E-state index < -0.39 is 26.5 Å². The van der Waals surface area contributed by atoms with Crippen LogP contribution in [0.1, 0.15) is 29.9 Å². The molecule has 0 saturated carbocycles. The average Bonchev–Trinajstić information content (AvgIpc) is 3.20. The van der Waals surface area contributed by atoms with Gasteiger partial charge in [-0.15, -0.1) is 0 Å². The van der Waals surface area contributed by atoms with Crippen LogP contribution in [-0.2, 0) is 14.8 Å². The number of carbonyl (C=O) groups excluding carboxylic acids is 1. The monoisotopic (exact) mass is 563 g/mol. The molecule has 38 heavy (non-hydrogen) atoms. The summed E-state index contributed by atoms with van der Waals surface area (Å²) in [4.78, 5) is 23.3. The van der Waals surface area contributed by atoms with E-state index in [1.165, 1.54) is 15.1 Å². The maximum Gasteiger partial charge on any atom is 0.272 e. The second-order valence-electron chi connectivity index (χ2n) is 8.81. The third-order valence-corrected chi connectivity index (χ3v) is 7.84. The Bertz CT molecular complexity index is 1480. The van der Waals surface area contributed by atoms with Gasteiger partial charge >= 0.3 is 0 Å². The number of nitro groups is 1. The molecule has 4 rings (SSSR count). The smallest absolute Gasteiger partial charge is 0.272 e. The number of ether oxygens (including phenoxy) is 2. The van der Waals surface area contributed by atoms with E-state index in [2.05, 4.69) is 10.4 Å². The van der Waals surface area contributed by atoms with Crippen LogP contribution in [0.2, 0.25) is 5.02 Å². The topological polar surface area (TPSA) is 146 Å². The van der Waals surface area contributed by atoms with E-state index in [-0.39, 0.29) is 54.6 Å². The molecule has 3 aromatic rings. The zero-order chi connectivity index (χ0) is 27.6. The van der Waals surface area contributed by atoms with Gasteiger partial charge in [0.25, 0.3) is 11.6 Å². The number of rotatable bonds is 8. The SMILES string of the molecule is Cc1c(C(=O)NC(C)C)nn(-c2cccc(Cl)c2)c1Oc1ccc([N+](=O)[O-])cc1S(=O)(=O)N1CCOCC1. The number of nitro benzene ring substituents is 1. The second kappa shape index (κ2) is 11.1. The minimum Gasteiger partial charge on any atom is -0.437 e. The van der Waals surface area contributed by atoms with E-state index in [4.69, 9.17) is 21.1 Å². The molecule has 1 saturated heterocycles. The Morgan fingerprint density at radius 1 is 1.21 bits per heavy atom. The zero-order valence-electron chi connectivity index (χ0n) is 20.9. The molecule has 14 heteroatoms. The Morgan fingerprint density at radius 3 is 2.55 bits per heavy atom. The van der Waals surface area contributed by atoms with Crippen LogP contribution in [0.25, 0.3) is 5.69 Å². The maximum absolute atomic E-state index is 13.6. The Labute approximate surface area is 224 Å². The first-order chi connectivity index (χ1) is 18.0. The molecule has 0 spiro atoms. The fourth-order valence-corrected chi connectivity index (χ4v) is 5.58. The third kappa shape index (κ3) is 5.65. The molecule has 0 atom stereocenters. The quantitative estimate of drug-likeness (QED) is 0.322. The van der Waals surface area contributed by atoms with E-state index in [0.29, 0.717) is 16.3 Å². The number of hydrogen-bond acceptors (Lipinski definition) is 8. The minimum atomic E-state index is -4.20. The molecular weight excluding hydrogens is 538 g/mol. The van der Waals surface area contributed by atoms with Crippen molar-refractivity contribution >= 4 is 33.2 Å². The van der Waals surface area contributed by atoms with Crippen LogP contribution in [-0.4, -0.2) is 65.7 Å². The average molecular weight is 564 g/mol. The van der Waals surface area contributed by atoms with Crippen molar-refractivity contribution in [2.24, 2.45) is 0 Å². The number of amides is 1. The maximum atomic E-state index is 13.6. The van der Waals surface area contributed by atoms with Crippen molar-refractivity contribution in [3.05, 3.63) is 68.9 Å². The van der Waals surface area contributed by atoms with Gasteiger partial charge in [-0.25, -0.2) is 8.42 Å². The molecular formula is C24H26ClN5O7S. The Kier molecular flexibility index (Phi) is 8.02. The number of hydrogen-bond donors (Lipinski definition) is 1. The van der Waals surface area contributed by atoms with Crippen LogP contribution in [0.3, 0.4) is 0 Å². The number of aromatic nitrogens is 2. The Morgan fingerprint density at radius 2 is 1.92 bits per heavy atom. The van der Waals surface area contributed by atoms with E-state index >= 15 is 0 Å². The number of nitrogens with zero attached hydrogens (tertiary/aromatic N) is 4. The lowest BCUT2D eigenvalue weighted by molar-refractivity contribution is -0.385. The summed E-state index contributed by atoms with van der Waals surface area (Å²) in [5.74, 6) is -0.564. The number of benzene rings is 2. The van der Waals surface area contributed by atoms with Crippen LogP contribution in [0.15, 0.2) is 47.4 Å². The summed E-state index contributed by atoms with van der Waals surface area (Å²) in [5.41, 5.74) is 0.435. The number of halogens is 1. The van der Waals surface area contributed by atoms with Crippen molar-refractivity contribution in [2.75, 3.05) is 26.3 Å². The highest BCUT2D eigenvalue weighted by atomic mass is 35.5. The molecule has 0 bridgehead atoms. The molecule has 202 valence electrons. The van der Waals surface area contributed by atoms with Gasteiger partial charge in [-0.1, -0.05) is 17.7 Å². The van der Waals surface area contributed by atoms with E-state index in [1.54, 1.807) is 45.0 Å². The first kappa shape index (κ1) is 27.5. The second-order valence-corrected chi connectivity index (χ2v) is 11.1. The van der Waals surface area contributed by atoms with Crippen molar-refractivity contribution in [3.63, 3.8) is 0 Å². The lowest BCUT2D eigenvalue weighted by Gasteiger charge is -2.26. The summed E-state index contributed by atoms with van der Waals surface area (Å²) >= 11 is 6.18. The summed E-state index contributed by atoms with van der Waals surface area (Å²) in [6.07, 6.45) is 0. The van der Waals surface area contributed by atoms with Crippen molar-refractivity contribution in [2.45, 2.75) is 31.7 Å². The van der Waals surface area contributed by atoms with Crippen LogP contribution in [0, 0.1) is 17.0 Å². The highest BCUT2D eigenvalue weighted by Gasteiger charge is 2.32. The molecule has 12 nitrogen and oxygen atoms in total. The van der Waals surface area contributed by atoms with Crippen molar-refractivity contribution in [3.8, 4) is 17.3 Å². The predicted molar refractivity (Wildman–Crippen MR) is 139 cm³/mol. The van der Waals surface area contributed by atoms with Crippen LogP contribution in [0.4, 0.5) is 5.69 Å². The lowest BCUT2D eigenvalue weighted by Crippen LogP contribution is -2.40. The number of sulfonamides is 1. The summed E-state index contributed by atoms with van der Waals surface area (Å²) in [5, 5.41) is 19.1. The molecule has 0 unspecified atom stereocenters. The van der Waals surface area contributed by atoms with Crippen LogP contribution >= 0.6 is 11.6 Å². The minimum absolute atomic E-state index is 0.0495. The summed E-state index contributed by atoms with van der Waals surface area (Å²) in [6.45, 7) is 5.78. The molecule has 2 heterocycles. The third-order valence-electron chi connectivity index (χ3n) is 5.69.